The van der Waals surface area contributed by atoms with Gasteiger partial charge in [0.1, 0.15) is 18.5 Å². The van der Waals surface area contributed by atoms with Gasteiger partial charge in [0.05, 0.1) is 28.4 Å². The molecule has 4 N–H and O–H groups in total. The van der Waals surface area contributed by atoms with Crippen LogP contribution < -0.4 is 26.0 Å². The number of para-hydroxylation sites is 1. The SMILES string of the molecule is O=C(Nc1ccccc1Cl)C(=O)N[C@@H](CC1CCC(F)(F)CC1)C(=O)N[C@H]1C[C@@H]2CC(NC2=O)c2c(F)cc(F)c(F)c2OCC1=O. The fourth-order valence-corrected chi connectivity index (χ4v) is 6.31. The zero-order valence-electron chi connectivity index (χ0n) is 24.6. The van der Waals surface area contributed by atoms with Gasteiger partial charge in [0.25, 0.3) is 0 Å². The number of benzene rings is 2. The number of fused-ring (bicyclic) bond motifs is 4. The second kappa shape index (κ2) is 13.8. The highest BCUT2D eigenvalue weighted by atomic mass is 35.5. The number of rotatable bonds is 6. The summed E-state index contributed by atoms with van der Waals surface area (Å²) in [6, 6.07) is 2.32. The van der Waals surface area contributed by atoms with E-state index in [0.717, 1.165) is 0 Å². The number of nitrogens with one attached hydrogen (secondary N) is 4. The molecule has 1 unspecified atom stereocenters. The topological polar surface area (TPSA) is 143 Å². The van der Waals surface area contributed by atoms with Crippen molar-refractivity contribution in [3.05, 3.63) is 58.4 Å². The largest absolute Gasteiger partial charge is 0.482 e. The Hall–Kier alpha value is -4.27. The number of carbonyl (C=O) groups is 5. The van der Waals surface area contributed by atoms with E-state index in [4.69, 9.17) is 16.3 Å². The van der Waals surface area contributed by atoms with Crippen LogP contribution in [0.5, 0.6) is 5.75 Å². The Morgan fingerprint density at radius 1 is 1.02 bits per heavy atom. The first-order valence-electron chi connectivity index (χ1n) is 14.9. The van der Waals surface area contributed by atoms with Crippen molar-refractivity contribution in [3.8, 4) is 5.75 Å². The summed E-state index contributed by atoms with van der Waals surface area (Å²) >= 11 is 6.04. The lowest BCUT2D eigenvalue weighted by Gasteiger charge is -2.31. The smallest absolute Gasteiger partial charge is 0.313 e. The molecule has 2 aromatic rings. The molecule has 4 amide bonds. The molecular weight excluding hydrogens is 655 g/mol. The molecule has 2 aliphatic heterocycles. The Morgan fingerprint density at radius 3 is 2.43 bits per heavy atom. The van der Waals surface area contributed by atoms with E-state index in [9.17, 15) is 45.9 Å². The summed E-state index contributed by atoms with van der Waals surface area (Å²) < 4.78 is 76.3. The second-order valence-corrected chi connectivity index (χ2v) is 12.3. The van der Waals surface area contributed by atoms with Gasteiger partial charge in [-0.3, -0.25) is 24.0 Å². The monoisotopic (exact) mass is 684 g/mol. The Labute approximate surface area is 270 Å². The maximum absolute atomic E-state index is 14.7. The van der Waals surface area contributed by atoms with Crippen molar-refractivity contribution in [2.45, 2.75) is 69.0 Å². The summed E-state index contributed by atoms with van der Waals surface area (Å²) in [5.41, 5.74) is -0.339. The van der Waals surface area contributed by atoms with Crippen molar-refractivity contribution in [3.63, 3.8) is 0 Å². The van der Waals surface area contributed by atoms with Gasteiger partial charge in [-0.25, -0.2) is 17.6 Å². The third kappa shape index (κ3) is 7.83. The van der Waals surface area contributed by atoms with E-state index in [-0.39, 0.29) is 42.8 Å². The van der Waals surface area contributed by atoms with Crippen LogP contribution in [0.1, 0.15) is 56.6 Å². The molecule has 2 aromatic carbocycles. The van der Waals surface area contributed by atoms with Crippen molar-refractivity contribution in [1.82, 2.24) is 16.0 Å². The van der Waals surface area contributed by atoms with E-state index in [1.807, 2.05) is 0 Å². The van der Waals surface area contributed by atoms with Gasteiger partial charge in [0.2, 0.25) is 23.6 Å². The Kier molecular flexibility index (Phi) is 10.0. The standard InChI is InChI=1S/C31H30ClF5N4O6/c32-16-3-1-2-4-19(16)38-29(45)30(46)41-22(9-14-5-7-31(36,37)8-6-14)28(44)39-20-10-15-11-21(40-27(15)43)24-17(33)12-18(34)25(35)26(24)47-13-23(20)42/h1-4,12,14-15,20-22H,5-11,13H2,(H,38,45)(H,39,44)(H,40,43)(H,41,46)/t15-,20+,21?,22+/m1/s1. The minimum Gasteiger partial charge on any atom is -0.482 e. The van der Waals surface area contributed by atoms with Crippen LogP contribution in [0.4, 0.5) is 27.6 Å². The highest BCUT2D eigenvalue weighted by molar-refractivity contribution is 6.41. The van der Waals surface area contributed by atoms with Crippen LogP contribution in [0.15, 0.2) is 30.3 Å². The van der Waals surface area contributed by atoms with Crippen LogP contribution >= 0.6 is 11.6 Å². The number of anilines is 1. The fraction of sp³-hybridized carbons (Fsp3) is 0.452. The maximum Gasteiger partial charge on any atom is 0.313 e. The van der Waals surface area contributed by atoms with E-state index in [2.05, 4.69) is 21.3 Å². The zero-order valence-corrected chi connectivity index (χ0v) is 25.4. The first kappa shape index (κ1) is 34.1. The lowest BCUT2D eigenvalue weighted by atomic mass is 9.82. The summed E-state index contributed by atoms with van der Waals surface area (Å²) in [4.78, 5) is 65.3. The molecule has 4 atom stereocenters. The molecule has 0 radical (unpaired) electrons. The summed E-state index contributed by atoms with van der Waals surface area (Å²) in [6.45, 7) is -0.944. The van der Waals surface area contributed by atoms with E-state index in [0.29, 0.717) is 6.07 Å². The zero-order chi connectivity index (χ0) is 34.0. The summed E-state index contributed by atoms with van der Waals surface area (Å²) in [5, 5.41) is 9.69. The number of Topliss-reactive ketones (excluding diaryl/α,β-unsaturated/α-hetero) is 1. The molecule has 10 nitrogen and oxygen atoms in total. The van der Waals surface area contributed by atoms with E-state index >= 15 is 0 Å². The van der Waals surface area contributed by atoms with Gasteiger partial charge in [-0.15, -0.1) is 0 Å². The van der Waals surface area contributed by atoms with Crippen LogP contribution in [0.25, 0.3) is 0 Å². The number of hydrogen-bond acceptors (Lipinski definition) is 6. The molecule has 47 heavy (non-hydrogen) atoms. The highest BCUT2D eigenvalue weighted by Gasteiger charge is 2.42. The quantitative estimate of drug-likeness (QED) is 0.205. The van der Waals surface area contributed by atoms with Crippen LogP contribution in [-0.4, -0.2) is 54.0 Å². The molecule has 252 valence electrons. The van der Waals surface area contributed by atoms with Gasteiger partial charge in [0.15, 0.2) is 17.3 Å². The number of hydrogen-bond donors (Lipinski definition) is 4. The lowest BCUT2D eigenvalue weighted by Crippen LogP contribution is -2.55. The normalized spacial score (nSPS) is 23.1. The molecule has 1 saturated carbocycles. The van der Waals surface area contributed by atoms with E-state index in [1.165, 1.54) is 12.1 Å². The average molecular weight is 685 g/mol. The predicted molar refractivity (Wildman–Crippen MR) is 156 cm³/mol. The van der Waals surface area contributed by atoms with Gasteiger partial charge in [-0.1, -0.05) is 23.7 Å². The number of amides is 4. The molecular formula is C31H30ClF5N4O6. The summed E-state index contributed by atoms with van der Waals surface area (Å²) in [5.74, 6) is -14.4. The second-order valence-electron chi connectivity index (χ2n) is 11.9. The van der Waals surface area contributed by atoms with Gasteiger partial charge in [0, 0.05) is 24.8 Å². The number of carbonyl (C=O) groups excluding carboxylic acids is 5. The Balaban J connectivity index is 1.35. The Bertz CT molecular complexity index is 1600. The van der Waals surface area contributed by atoms with E-state index in [1.54, 1.807) is 12.1 Å². The van der Waals surface area contributed by atoms with Gasteiger partial charge >= 0.3 is 11.8 Å². The molecule has 2 bridgehead atoms. The first-order chi connectivity index (χ1) is 22.2. The highest BCUT2D eigenvalue weighted by Crippen LogP contribution is 2.41. The minimum absolute atomic E-state index is 0.0242. The van der Waals surface area contributed by atoms with Gasteiger partial charge in [-0.05, 0) is 50.2 Å². The molecule has 2 fully saturated rings. The van der Waals surface area contributed by atoms with Crippen LogP contribution in [0, 0.1) is 29.3 Å². The van der Waals surface area contributed by atoms with Crippen molar-refractivity contribution < 1.29 is 50.7 Å². The molecule has 5 rings (SSSR count). The molecule has 3 aliphatic rings. The number of ether oxygens (including phenoxy) is 1. The number of ketones is 1. The van der Waals surface area contributed by atoms with Gasteiger partial charge in [-0.2, -0.15) is 4.39 Å². The van der Waals surface area contributed by atoms with Crippen molar-refractivity contribution >= 4 is 46.7 Å². The van der Waals surface area contributed by atoms with E-state index < -0.39 is 114 Å². The third-order valence-corrected chi connectivity index (χ3v) is 8.99. The summed E-state index contributed by atoms with van der Waals surface area (Å²) in [6.07, 6.45) is -1.43. The Morgan fingerprint density at radius 2 is 1.72 bits per heavy atom. The van der Waals surface area contributed by atoms with Crippen molar-refractivity contribution in [1.29, 1.82) is 0 Å². The molecule has 2 heterocycles. The van der Waals surface area contributed by atoms with Gasteiger partial charge < -0.3 is 26.0 Å². The fourth-order valence-electron chi connectivity index (χ4n) is 6.12. The number of alkyl halides is 2. The summed E-state index contributed by atoms with van der Waals surface area (Å²) in [7, 11) is 0. The molecule has 0 spiro atoms. The van der Waals surface area contributed by atoms with Crippen molar-refractivity contribution in [2.24, 2.45) is 11.8 Å². The number of halogens is 6. The average Bonchev–Trinajstić information content (AvgIpc) is 3.37. The molecule has 16 heteroatoms. The van der Waals surface area contributed by atoms with Crippen LogP contribution in [0.2, 0.25) is 5.02 Å². The van der Waals surface area contributed by atoms with Crippen LogP contribution in [-0.2, 0) is 24.0 Å². The van der Waals surface area contributed by atoms with Crippen molar-refractivity contribution in [2.75, 3.05) is 11.9 Å². The molecule has 0 aromatic heterocycles. The lowest BCUT2D eigenvalue weighted by molar-refractivity contribution is -0.139. The predicted octanol–water partition coefficient (Wildman–Crippen LogP) is 4.11. The third-order valence-electron chi connectivity index (χ3n) is 8.66. The molecule has 1 saturated heterocycles. The minimum atomic E-state index is -2.88. The molecule has 1 aliphatic carbocycles. The van der Waals surface area contributed by atoms with Crippen LogP contribution in [0.3, 0.4) is 0 Å². The maximum atomic E-state index is 14.7. The first-order valence-corrected chi connectivity index (χ1v) is 15.3.